The molecule has 0 aliphatic carbocycles. The molecule has 2 heterocycles. The van der Waals surface area contributed by atoms with Gasteiger partial charge < -0.3 is 23.7 Å². The fourth-order valence-corrected chi connectivity index (χ4v) is 3.96. The molecule has 12 nitrogen and oxygen atoms in total. The van der Waals surface area contributed by atoms with Crippen molar-refractivity contribution in [2.45, 2.75) is 77.5 Å². The van der Waals surface area contributed by atoms with Gasteiger partial charge in [-0.25, -0.2) is 0 Å². The lowest BCUT2D eigenvalue weighted by molar-refractivity contribution is -0.292. The summed E-state index contributed by atoms with van der Waals surface area (Å²) in [6, 6.07) is 0. The largest absolute Gasteiger partial charge is 0.463 e. The van der Waals surface area contributed by atoms with Crippen molar-refractivity contribution in [2.75, 3.05) is 13.2 Å². The molecule has 2 saturated heterocycles. The number of ether oxygens (including phenoxy) is 5. The Morgan fingerprint density at radius 1 is 0.906 bits per heavy atom. The van der Waals surface area contributed by atoms with E-state index in [2.05, 4.69) is 0 Å². The summed E-state index contributed by atoms with van der Waals surface area (Å²) in [6.07, 6.45) is -5.22. The van der Waals surface area contributed by atoms with E-state index in [9.17, 15) is 28.8 Å². The van der Waals surface area contributed by atoms with E-state index in [1.807, 2.05) is 0 Å². The highest BCUT2D eigenvalue weighted by Crippen LogP contribution is 2.41. The van der Waals surface area contributed by atoms with E-state index < -0.39 is 65.7 Å². The van der Waals surface area contributed by atoms with Crippen molar-refractivity contribution in [1.82, 2.24) is 4.90 Å². The van der Waals surface area contributed by atoms with Gasteiger partial charge in [-0.1, -0.05) is 0 Å². The fraction of sp³-hybridized carbons (Fsp3) is 0.700. The van der Waals surface area contributed by atoms with Crippen molar-refractivity contribution in [3.63, 3.8) is 0 Å². The van der Waals surface area contributed by atoms with Crippen LogP contribution in [-0.4, -0.2) is 83.8 Å². The summed E-state index contributed by atoms with van der Waals surface area (Å²) in [6.45, 7) is 5.04. The molecule has 1 spiro atoms. The second kappa shape index (κ2) is 10.1. The maximum atomic E-state index is 12.3. The lowest BCUT2D eigenvalue weighted by Crippen LogP contribution is -2.72. The number of carbonyl (C=O) groups excluding carboxylic acids is 6. The minimum Gasteiger partial charge on any atom is -0.463 e. The van der Waals surface area contributed by atoms with Gasteiger partial charge >= 0.3 is 23.9 Å². The van der Waals surface area contributed by atoms with Gasteiger partial charge in [0.25, 0.3) is 0 Å². The Hall–Kier alpha value is -3.02. The van der Waals surface area contributed by atoms with Crippen LogP contribution in [0.4, 0.5) is 0 Å². The molecule has 0 N–H and O–H groups in total. The van der Waals surface area contributed by atoms with Crippen LogP contribution in [0.15, 0.2) is 0 Å². The number of hydrogen-bond acceptors (Lipinski definition) is 11. The summed E-state index contributed by atoms with van der Waals surface area (Å²) >= 11 is 0. The normalized spacial score (nSPS) is 29.8. The SMILES string of the molecule is CC(=O)OC[C@H]1O[C@@]2(CCC(=O)N(C(C)=O)C2)[C@H](OC(C)=O)[C@@H](OC(C)=O)[C@@H]1OC(C)=O. The zero-order valence-corrected chi connectivity index (χ0v) is 18.6. The molecule has 2 aliphatic heterocycles. The molecule has 0 saturated carbocycles. The molecule has 5 atom stereocenters. The van der Waals surface area contributed by atoms with Crippen LogP contribution in [-0.2, 0) is 52.5 Å². The molecular weight excluding hydrogens is 430 g/mol. The maximum Gasteiger partial charge on any atom is 0.303 e. The number of rotatable bonds is 5. The van der Waals surface area contributed by atoms with E-state index in [0.29, 0.717) is 0 Å². The Bertz CT molecular complexity index is 809. The van der Waals surface area contributed by atoms with Gasteiger partial charge in [-0.3, -0.25) is 33.7 Å². The van der Waals surface area contributed by atoms with Gasteiger partial charge in [0.2, 0.25) is 11.8 Å². The first-order valence-electron chi connectivity index (χ1n) is 10.00. The zero-order chi connectivity index (χ0) is 24.2. The van der Waals surface area contributed by atoms with Crippen LogP contribution in [0, 0.1) is 0 Å². The lowest BCUT2D eigenvalue weighted by atomic mass is 9.78. The van der Waals surface area contributed by atoms with Crippen LogP contribution in [0.3, 0.4) is 0 Å². The minimum atomic E-state index is -1.49. The molecule has 2 amide bonds. The Kier molecular flexibility index (Phi) is 7.94. The lowest BCUT2D eigenvalue weighted by Gasteiger charge is -2.53. The first kappa shape index (κ1) is 25.2. The van der Waals surface area contributed by atoms with Crippen LogP contribution < -0.4 is 0 Å². The Balaban J connectivity index is 2.58. The topological polar surface area (TPSA) is 152 Å². The van der Waals surface area contributed by atoms with Crippen molar-refractivity contribution in [3.8, 4) is 0 Å². The van der Waals surface area contributed by atoms with E-state index in [0.717, 1.165) is 25.7 Å². The van der Waals surface area contributed by atoms with Gasteiger partial charge in [0.15, 0.2) is 18.3 Å². The monoisotopic (exact) mass is 457 g/mol. The predicted molar refractivity (Wildman–Crippen MR) is 103 cm³/mol. The van der Waals surface area contributed by atoms with Crippen LogP contribution in [0.2, 0.25) is 0 Å². The molecule has 0 aromatic carbocycles. The van der Waals surface area contributed by atoms with Crippen molar-refractivity contribution in [2.24, 2.45) is 0 Å². The molecule has 32 heavy (non-hydrogen) atoms. The highest BCUT2D eigenvalue weighted by molar-refractivity contribution is 5.95. The highest BCUT2D eigenvalue weighted by Gasteiger charge is 2.61. The van der Waals surface area contributed by atoms with E-state index in [1.165, 1.54) is 13.8 Å². The molecule has 0 radical (unpaired) electrons. The van der Waals surface area contributed by atoms with Gasteiger partial charge in [0, 0.05) is 41.0 Å². The van der Waals surface area contributed by atoms with Gasteiger partial charge in [-0.15, -0.1) is 0 Å². The third-order valence-corrected chi connectivity index (χ3v) is 5.11. The summed E-state index contributed by atoms with van der Waals surface area (Å²) in [4.78, 5) is 72.3. The van der Waals surface area contributed by atoms with Crippen molar-refractivity contribution < 1.29 is 52.5 Å². The van der Waals surface area contributed by atoms with E-state index in [-0.39, 0.29) is 26.0 Å². The molecule has 2 rings (SSSR count). The zero-order valence-electron chi connectivity index (χ0n) is 18.6. The Morgan fingerprint density at radius 3 is 1.97 bits per heavy atom. The molecular formula is C20H27NO11. The molecule has 0 aromatic heterocycles. The quantitative estimate of drug-likeness (QED) is 0.393. The number of piperidine rings is 1. The van der Waals surface area contributed by atoms with Crippen molar-refractivity contribution >= 4 is 35.7 Å². The van der Waals surface area contributed by atoms with Gasteiger partial charge in [0.05, 0.1) is 6.54 Å². The molecule has 178 valence electrons. The number of nitrogens with zero attached hydrogens (tertiary/aromatic N) is 1. The average molecular weight is 457 g/mol. The summed E-state index contributed by atoms with van der Waals surface area (Å²) in [5, 5.41) is 0. The van der Waals surface area contributed by atoms with Gasteiger partial charge in [-0.05, 0) is 6.42 Å². The maximum absolute atomic E-state index is 12.3. The van der Waals surface area contributed by atoms with Crippen molar-refractivity contribution in [1.29, 1.82) is 0 Å². The first-order valence-corrected chi connectivity index (χ1v) is 10.00. The third-order valence-electron chi connectivity index (χ3n) is 5.11. The summed E-state index contributed by atoms with van der Waals surface area (Å²) in [5.41, 5.74) is -1.49. The third kappa shape index (κ3) is 5.81. The number of imide groups is 1. The van der Waals surface area contributed by atoms with Crippen LogP contribution in [0.1, 0.15) is 47.5 Å². The van der Waals surface area contributed by atoms with E-state index in [1.54, 1.807) is 0 Å². The molecule has 12 heteroatoms. The Labute approximate surface area is 184 Å². The predicted octanol–water partition coefficient (Wildman–Crippen LogP) is -0.349. The van der Waals surface area contributed by atoms with Gasteiger partial charge in [-0.2, -0.15) is 0 Å². The number of amides is 2. The minimum absolute atomic E-state index is 0.00862. The van der Waals surface area contributed by atoms with E-state index in [4.69, 9.17) is 23.7 Å². The van der Waals surface area contributed by atoms with Crippen molar-refractivity contribution in [3.05, 3.63) is 0 Å². The second-order valence-corrected chi connectivity index (χ2v) is 7.70. The highest BCUT2D eigenvalue weighted by atomic mass is 16.7. The summed E-state index contributed by atoms with van der Waals surface area (Å²) in [7, 11) is 0. The average Bonchev–Trinajstić information content (AvgIpc) is 2.66. The molecule has 2 aliphatic rings. The van der Waals surface area contributed by atoms with Gasteiger partial charge in [0.1, 0.15) is 18.3 Å². The summed E-state index contributed by atoms with van der Waals surface area (Å²) < 4.78 is 27.4. The molecule has 0 unspecified atom stereocenters. The van der Waals surface area contributed by atoms with Crippen LogP contribution >= 0.6 is 0 Å². The smallest absolute Gasteiger partial charge is 0.303 e. The van der Waals surface area contributed by atoms with Crippen LogP contribution in [0.5, 0.6) is 0 Å². The summed E-state index contributed by atoms with van der Waals surface area (Å²) in [5.74, 6) is -3.90. The Morgan fingerprint density at radius 2 is 1.47 bits per heavy atom. The molecule has 0 bridgehead atoms. The second-order valence-electron chi connectivity index (χ2n) is 7.70. The fourth-order valence-electron chi connectivity index (χ4n) is 3.96. The number of hydrogen-bond donors (Lipinski definition) is 0. The molecule has 0 aromatic rings. The number of carbonyl (C=O) groups is 6. The van der Waals surface area contributed by atoms with Crippen LogP contribution in [0.25, 0.3) is 0 Å². The first-order chi connectivity index (χ1) is 14.9. The molecule has 2 fully saturated rings. The van der Waals surface area contributed by atoms with E-state index >= 15 is 0 Å². The standard InChI is InChI=1S/C20H27NO11/c1-10(22)21-9-20(7-6-16(21)27)19(31-14(5)26)18(30-13(4)25)17(29-12(3)24)15(32-20)8-28-11(2)23/h15,17-19H,6-9H2,1-5H3/t15-,17-,18+,19-,20-/m1/s1. The number of likely N-dealkylation sites (tertiary alicyclic amines) is 1. The number of esters is 4.